The number of benzene rings is 8. The number of para-hydroxylation sites is 1. The minimum Gasteiger partial charge on any atom is -0.456 e. The van der Waals surface area contributed by atoms with Crippen LogP contribution in [0.4, 0.5) is 0 Å². The molecule has 10 rings (SSSR count). The zero-order valence-electron chi connectivity index (χ0n) is 39.7. The Bertz CT molecular complexity index is 3610. The Morgan fingerprint density at radius 3 is 1.68 bits per heavy atom. The normalized spacial score (nSPS) is 14.6. The smallest absolute Gasteiger partial charge is 0.164 e. The van der Waals surface area contributed by atoms with Crippen LogP contribution < -0.4 is 0 Å². The Balaban J connectivity index is 1.26. The van der Waals surface area contributed by atoms with E-state index in [0.29, 0.717) is 16.7 Å². The van der Waals surface area contributed by atoms with Crippen molar-refractivity contribution in [1.82, 2.24) is 15.0 Å². The minimum atomic E-state index is -0.562. The maximum atomic E-state index is 9.23. The molecule has 10 aromatic rings. The molecule has 0 radical (unpaired) electrons. The van der Waals surface area contributed by atoms with Crippen LogP contribution >= 0.6 is 0 Å². The molecule has 0 saturated heterocycles. The fraction of sp³-hybridized carbons (Fsp3) is 0. The standard InChI is InChI=1S/C49H31N3O/c1-4-13-32(14-5-1)35-23-24-37-28-38(26-25-36(37)27-35)40-29-39(33-15-6-2-7-16-33)30-41(31-40)48-50-47(34-17-8-3-9-18-34)51-49(52-48)43-20-12-22-45-46(43)42-19-10-11-21-44(42)53-45/h1-31H/i2D,6D,7D,10D,11D,12D,15D,16D,19D,20D,21D,22D. The maximum absolute atomic E-state index is 9.23. The molecule has 0 spiro atoms. The van der Waals surface area contributed by atoms with Gasteiger partial charge in [-0.3, -0.25) is 0 Å². The van der Waals surface area contributed by atoms with Gasteiger partial charge in [0.1, 0.15) is 11.2 Å². The Hall–Kier alpha value is -7.17. The molecular formula is C49H31N3O. The van der Waals surface area contributed by atoms with Gasteiger partial charge in [0, 0.05) is 27.5 Å². The van der Waals surface area contributed by atoms with Gasteiger partial charge in [-0.15, -0.1) is 0 Å². The molecule has 248 valence electrons. The first kappa shape index (κ1) is 20.6. The van der Waals surface area contributed by atoms with Crippen LogP contribution in [0.25, 0.3) is 100 Å². The van der Waals surface area contributed by atoms with Gasteiger partial charge in [-0.2, -0.15) is 0 Å². The molecule has 53 heavy (non-hydrogen) atoms. The van der Waals surface area contributed by atoms with Gasteiger partial charge >= 0.3 is 0 Å². The first-order valence-corrected chi connectivity index (χ1v) is 16.8. The average molecular weight is 690 g/mol. The third-order valence-corrected chi connectivity index (χ3v) is 9.10. The molecule has 0 N–H and O–H groups in total. The predicted molar refractivity (Wildman–Crippen MR) is 217 cm³/mol. The molecule has 0 aliphatic rings. The highest BCUT2D eigenvalue weighted by Gasteiger charge is 2.19. The first-order chi connectivity index (χ1) is 31.2. The number of nitrogens with zero attached hydrogens (tertiary/aromatic N) is 3. The summed E-state index contributed by atoms with van der Waals surface area (Å²) in [6.45, 7) is 0. The summed E-state index contributed by atoms with van der Waals surface area (Å²) in [5, 5.41) is 1.75. The summed E-state index contributed by atoms with van der Waals surface area (Å²) in [5.41, 5.74) is 3.89. The van der Waals surface area contributed by atoms with E-state index in [-0.39, 0.29) is 56.1 Å². The highest BCUT2D eigenvalue weighted by Crippen LogP contribution is 2.38. The summed E-state index contributed by atoms with van der Waals surface area (Å²) in [7, 11) is 0. The summed E-state index contributed by atoms with van der Waals surface area (Å²) < 4.78 is 110. The van der Waals surface area contributed by atoms with Crippen molar-refractivity contribution in [2.24, 2.45) is 0 Å². The van der Waals surface area contributed by atoms with Crippen molar-refractivity contribution in [2.45, 2.75) is 0 Å². The molecule has 0 aliphatic carbocycles. The third kappa shape index (κ3) is 5.73. The van der Waals surface area contributed by atoms with Crippen molar-refractivity contribution < 1.29 is 20.9 Å². The second-order valence-corrected chi connectivity index (χ2v) is 12.4. The molecule has 2 aromatic heterocycles. The average Bonchev–Trinajstić information content (AvgIpc) is 3.74. The lowest BCUT2D eigenvalue weighted by molar-refractivity contribution is 0.669. The van der Waals surface area contributed by atoms with Gasteiger partial charge in [-0.05, 0) is 86.6 Å². The number of hydrogen-bond acceptors (Lipinski definition) is 4. The molecule has 0 unspecified atom stereocenters. The lowest BCUT2D eigenvalue weighted by Crippen LogP contribution is -2.01. The molecule has 4 nitrogen and oxygen atoms in total. The van der Waals surface area contributed by atoms with Crippen molar-refractivity contribution in [2.75, 3.05) is 0 Å². The molecule has 0 fully saturated rings. The van der Waals surface area contributed by atoms with E-state index in [9.17, 15) is 1.37 Å². The highest BCUT2D eigenvalue weighted by molar-refractivity contribution is 6.11. The van der Waals surface area contributed by atoms with Gasteiger partial charge < -0.3 is 4.42 Å². The quantitative estimate of drug-likeness (QED) is 0.174. The van der Waals surface area contributed by atoms with Crippen molar-refractivity contribution in [1.29, 1.82) is 0 Å². The summed E-state index contributed by atoms with van der Waals surface area (Å²) in [4.78, 5) is 14.6. The summed E-state index contributed by atoms with van der Waals surface area (Å²) in [5.74, 6) is -0.00693. The Kier molecular flexibility index (Phi) is 5.00. The number of rotatable bonds is 6. The highest BCUT2D eigenvalue weighted by atomic mass is 16.3. The van der Waals surface area contributed by atoms with Crippen LogP contribution in [-0.2, 0) is 0 Å². The largest absolute Gasteiger partial charge is 0.456 e. The molecule has 8 aromatic carbocycles. The van der Waals surface area contributed by atoms with Crippen LogP contribution in [0.2, 0.25) is 0 Å². The van der Waals surface area contributed by atoms with Crippen LogP contribution in [0.3, 0.4) is 0 Å². The van der Waals surface area contributed by atoms with Crippen molar-refractivity contribution in [3.05, 3.63) is 188 Å². The van der Waals surface area contributed by atoms with Crippen LogP contribution in [-0.4, -0.2) is 15.0 Å². The Morgan fingerprint density at radius 2 is 0.943 bits per heavy atom. The summed E-state index contributed by atoms with van der Waals surface area (Å²) >= 11 is 0. The molecule has 0 aliphatic heterocycles. The first-order valence-electron chi connectivity index (χ1n) is 22.8. The number of furan rings is 1. The van der Waals surface area contributed by atoms with E-state index in [1.807, 2.05) is 66.7 Å². The van der Waals surface area contributed by atoms with Gasteiger partial charge in [0.15, 0.2) is 17.5 Å². The lowest BCUT2D eigenvalue weighted by Gasteiger charge is -2.13. The Morgan fingerprint density at radius 1 is 0.377 bits per heavy atom. The van der Waals surface area contributed by atoms with Crippen LogP contribution in [0.15, 0.2) is 192 Å². The van der Waals surface area contributed by atoms with Gasteiger partial charge in [-0.1, -0.05) is 145 Å². The van der Waals surface area contributed by atoms with Gasteiger partial charge in [-0.25, -0.2) is 15.0 Å². The van der Waals surface area contributed by atoms with Gasteiger partial charge in [0.2, 0.25) is 0 Å². The van der Waals surface area contributed by atoms with E-state index in [2.05, 4.69) is 6.07 Å². The SMILES string of the molecule is [2H]c1c([2H])c([2H])c(-c2cc(-c3ccc4cc(-c5ccccc5)ccc4c3)cc(-c3nc(-c4ccccc4)nc(-c4c([2H])c([2H])c([2H])c5oc6c([2H])c([2H])c([2H])c([2H])c6c45)n3)c2)c([2H])c1[2H]. The van der Waals surface area contributed by atoms with Gasteiger partial charge in [0.25, 0.3) is 0 Å². The molecule has 0 amide bonds. The van der Waals surface area contributed by atoms with Crippen molar-refractivity contribution in [3.8, 4) is 67.5 Å². The number of aromatic nitrogens is 3. The third-order valence-electron chi connectivity index (χ3n) is 9.10. The van der Waals surface area contributed by atoms with E-state index in [4.69, 9.17) is 34.4 Å². The minimum absolute atomic E-state index is 0.0290. The monoisotopic (exact) mass is 689 g/mol. The summed E-state index contributed by atoms with van der Waals surface area (Å²) in [6.07, 6.45) is 0. The number of fused-ring (bicyclic) bond motifs is 4. The van der Waals surface area contributed by atoms with Crippen molar-refractivity contribution >= 4 is 32.7 Å². The molecule has 4 heteroatoms. The fourth-order valence-corrected chi connectivity index (χ4v) is 6.56. The van der Waals surface area contributed by atoms with E-state index in [0.717, 1.165) is 27.5 Å². The Labute approximate surface area is 323 Å². The lowest BCUT2D eigenvalue weighted by atomic mass is 9.93. The fourth-order valence-electron chi connectivity index (χ4n) is 6.56. The van der Waals surface area contributed by atoms with Crippen molar-refractivity contribution in [3.63, 3.8) is 0 Å². The van der Waals surface area contributed by atoms with E-state index < -0.39 is 72.5 Å². The predicted octanol–water partition coefficient (Wildman–Crippen LogP) is 12.9. The van der Waals surface area contributed by atoms with E-state index >= 15 is 0 Å². The van der Waals surface area contributed by atoms with Crippen LogP contribution in [0.1, 0.15) is 16.4 Å². The molecular weight excluding hydrogens is 647 g/mol. The second kappa shape index (κ2) is 12.9. The molecule has 0 bridgehead atoms. The topological polar surface area (TPSA) is 51.8 Å². The second-order valence-electron chi connectivity index (χ2n) is 12.4. The zero-order chi connectivity index (χ0) is 45.6. The molecule has 0 atom stereocenters. The van der Waals surface area contributed by atoms with E-state index in [1.165, 1.54) is 0 Å². The molecule has 0 saturated carbocycles. The van der Waals surface area contributed by atoms with Crippen LogP contribution in [0.5, 0.6) is 0 Å². The number of hydrogen-bond donors (Lipinski definition) is 0. The summed E-state index contributed by atoms with van der Waals surface area (Å²) in [6, 6.07) is 30.1. The zero-order valence-corrected chi connectivity index (χ0v) is 27.7. The van der Waals surface area contributed by atoms with Gasteiger partial charge in [0.05, 0.1) is 16.4 Å². The maximum Gasteiger partial charge on any atom is 0.164 e. The van der Waals surface area contributed by atoms with Crippen LogP contribution in [0, 0.1) is 0 Å². The van der Waals surface area contributed by atoms with E-state index in [1.54, 1.807) is 42.5 Å². The molecule has 2 heterocycles.